The standard InChI is InChI=1S/C24H17N3O11S/c1-35-20-9-7-15(12-19(20)27(31)32)23-25-18(24(28)37-23)10-14-6-8-21(22(11-14)36-2)38-39(33,34)17-5-3-4-16(13-17)26(29)30/h3-13H,1-2H3. The van der Waals surface area contributed by atoms with Crippen LogP contribution < -0.4 is 13.7 Å². The smallest absolute Gasteiger partial charge is 0.363 e. The minimum atomic E-state index is -4.45. The molecule has 0 aliphatic carbocycles. The monoisotopic (exact) mass is 555 g/mol. The van der Waals surface area contributed by atoms with Gasteiger partial charge in [-0.3, -0.25) is 20.2 Å². The second kappa shape index (κ2) is 10.6. The number of carbonyl (C=O) groups is 1. The summed E-state index contributed by atoms with van der Waals surface area (Å²) in [4.78, 5) is 37.0. The summed E-state index contributed by atoms with van der Waals surface area (Å²) in [7, 11) is -1.91. The van der Waals surface area contributed by atoms with Crippen molar-refractivity contribution in [2.75, 3.05) is 14.2 Å². The van der Waals surface area contributed by atoms with Crippen molar-refractivity contribution < 1.29 is 41.5 Å². The molecule has 200 valence electrons. The quantitative estimate of drug-likeness (QED) is 0.123. The summed E-state index contributed by atoms with van der Waals surface area (Å²) >= 11 is 0. The molecule has 4 rings (SSSR count). The number of nitrogens with zero attached hydrogens (tertiary/aromatic N) is 3. The lowest BCUT2D eigenvalue weighted by molar-refractivity contribution is -0.385. The van der Waals surface area contributed by atoms with Crippen molar-refractivity contribution in [1.29, 1.82) is 0 Å². The number of nitro groups is 2. The Morgan fingerprint density at radius 1 is 0.897 bits per heavy atom. The minimum Gasteiger partial charge on any atom is -0.493 e. The van der Waals surface area contributed by atoms with Crippen molar-refractivity contribution in [2.45, 2.75) is 4.90 Å². The molecule has 0 saturated carbocycles. The van der Waals surface area contributed by atoms with Crippen LogP contribution in [0, 0.1) is 20.2 Å². The summed E-state index contributed by atoms with van der Waals surface area (Å²) in [6.45, 7) is 0. The van der Waals surface area contributed by atoms with E-state index in [-0.39, 0.29) is 40.1 Å². The van der Waals surface area contributed by atoms with E-state index in [1.54, 1.807) is 0 Å². The number of methoxy groups -OCH3 is 2. The maximum Gasteiger partial charge on any atom is 0.363 e. The zero-order chi connectivity index (χ0) is 28.3. The van der Waals surface area contributed by atoms with Gasteiger partial charge in [0.2, 0.25) is 5.90 Å². The first-order chi connectivity index (χ1) is 18.5. The summed E-state index contributed by atoms with van der Waals surface area (Å²) in [5.74, 6) is -1.20. The normalized spacial score (nSPS) is 13.9. The summed E-state index contributed by atoms with van der Waals surface area (Å²) in [6.07, 6.45) is 1.33. The number of nitro benzene ring substituents is 2. The third-order valence-electron chi connectivity index (χ3n) is 5.25. The molecule has 0 atom stereocenters. The van der Waals surface area contributed by atoms with Crippen LogP contribution in [-0.4, -0.2) is 44.4 Å². The Hall–Kier alpha value is -5.31. The second-order valence-electron chi connectivity index (χ2n) is 7.68. The van der Waals surface area contributed by atoms with Gasteiger partial charge in [-0.25, -0.2) is 9.79 Å². The van der Waals surface area contributed by atoms with E-state index in [0.29, 0.717) is 5.56 Å². The first-order valence-electron chi connectivity index (χ1n) is 10.7. The van der Waals surface area contributed by atoms with Gasteiger partial charge in [-0.05, 0) is 42.0 Å². The van der Waals surface area contributed by atoms with Gasteiger partial charge >= 0.3 is 21.8 Å². The molecule has 1 heterocycles. The zero-order valence-electron chi connectivity index (χ0n) is 20.1. The highest BCUT2D eigenvalue weighted by Crippen LogP contribution is 2.33. The SMILES string of the molecule is COc1cc(C=C2N=C(c3ccc(OC)c([N+](=O)[O-])c3)OC2=O)ccc1OS(=O)(=O)c1cccc([N+](=O)[O-])c1. The van der Waals surface area contributed by atoms with E-state index >= 15 is 0 Å². The molecule has 14 nitrogen and oxygen atoms in total. The van der Waals surface area contributed by atoms with E-state index in [1.807, 2.05) is 0 Å². The number of benzene rings is 3. The molecule has 3 aromatic rings. The van der Waals surface area contributed by atoms with Crippen LogP contribution in [0.2, 0.25) is 0 Å². The van der Waals surface area contributed by atoms with Crippen molar-refractivity contribution >= 4 is 39.4 Å². The van der Waals surface area contributed by atoms with Crippen LogP contribution in [0.25, 0.3) is 6.08 Å². The lowest BCUT2D eigenvalue weighted by Crippen LogP contribution is -2.10. The fourth-order valence-electron chi connectivity index (χ4n) is 3.42. The Labute approximate surface area is 220 Å². The van der Waals surface area contributed by atoms with Crippen molar-refractivity contribution in [1.82, 2.24) is 0 Å². The molecule has 0 radical (unpaired) electrons. The summed E-state index contributed by atoms with van der Waals surface area (Å²) < 4.78 is 45.8. The number of rotatable bonds is 9. The van der Waals surface area contributed by atoms with E-state index in [1.165, 1.54) is 56.7 Å². The molecular formula is C24H17N3O11S. The maximum atomic E-state index is 12.7. The number of cyclic esters (lactones) is 1. The van der Waals surface area contributed by atoms with Crippen LogP contribution >= 0.6 is 0 Å². The largest absolute Gasteiger partial charge is 0.493 e. The molecule has 0 unspecified atom stereocenters. The molecule has 39 heavy (non-hydrogen) atoms. The highest BCUT2D eigenvalue weighted by atomic mass is 32.2. The molecule has 1 aliphatic heterocycles. The summed E-state index contributed by atoms with van der Waals surface area (Å²) in [6, 6.07) is 12.3. The van der Waals surface area contributed by atoms with Crippen LogP contribution in [-0.2, 0) is 19.6 Å². The molecule has 3 aromatic carbocycles. The number of carbonyl (C=O) groups excluding carboxylic acids is 1. The molecule has 0 amide bonds. The average molecular weight is 555 g/mol. The van der Waals surface area contributed by atoms with Crippen molar-refractivity contribution in [3.8, 4) is 17.2 Å². The number of ether oxygens (including phenoxy) is 3. The Morgan fingerprint density at radius 2 is 1.62 bits per heavy atom. The predicted octanol–water partition coefficient (Wildman–Crippen LogP) is 3.63. The minimum absolute atomic E-state index is 0.0198. The Morgan fingerprint density at radius 3 is 2.28 bits per heavy atom. The van der Waals surface area contributed by atoms with Gasteiger partial charge in [0.1, 0.15) is 4.90 Å². The van der Waals surface area contributed by atoms with Gasteiger partial charge in [0.25, 0.3) is 5.69 Å². The lowest BCUT2D eigenvalue weighted by Gasteiger charge is -2.11. The highest BCUT2D eigenvalue weighted by Gasteiger charge is 2.27. The van der Waals surface area contributed by atoms with Crippen LogP contribution in [0.3, 0.4) is 0 Å². The third-order valence-corrected chi connectivity index (χ3v) is 6.48. The molecule has 0 spiro atoms. The Balaban J connectivity index is 1.62. The fraction of sp³-hybridized carbons (Fsp3) is 0.0833. The molecular weight excluding hydrogens is 538 g/mol. The average Bonchev–Trinajstić information content (AvgIpc) is 3.28. The molecule has 0 aromatic heterocycles. The van der Waals surface area contributed by atoms with Gasteiger partial charge in [-0.2, -0.15) is 8.42 Å². The molecule has 0 fully saturated rings. The molecule has 0 N–H and O–H groups in total. The van der Waals surface area contributed by atoms with Crippen molar-refractivity contribution in [2.24, 2.45) is 4.99 Å². The predicted molar refractivity (Wildman–Crippen MR) is 134 cm³/mol. The van der Waals surface area contributed by atoms with Gasteiger partial charge in [0.15, 0.2) is 22.9 Å². The molecule has 1 aliphatic rings. The van der Waals surface area contributed by atoms with Gasteiger partial charge < -0.3 is 18.4 Å². The number of non-ortho nitro benzene ring substituents is 1. The number of esters is 1. The van der Waals surface area contributed by atoms with E-state index in [0.717, 1.165) is 24.3 Å². The maximum absolute atomic E-state index is 12.7. The molecule has 0 saturated heterocycles. The first-order valence-corrected chi connectivity index (χ1v) is 12.2. The van der Waals surface area contributed by atoms with Crippen LogP contribution in [0.15, 0.2) is 76.2 Å². The van der Waals surface area contributed by atoms with Crippen LogP contribution in [0.5, 0.6) is 17.2 Å². The topological polar surface area (TPSA) is 187 Å². The third kappa shape index (κ3) is 5.67. The van der Waals surface area contributed by atoms with Crippen molar-refractivity contribution in [3.63, 3.8) is 0 Å². The number of aliphatic imine (C=N–C) groups is 1. The summed E-state index contributed by atoms with van der Waals surface area (Å²) in [5.41, 5.74) is -0.382. The van der Waals surface area contributed by atoms with E-state index in [4.69, 9.17) is 18.4 Å². The molecule has 0 bridgehead atoms. The van der Waals surface area contributed by atoms with Gasteiger partial charge in [0, 0.05) is 23.8 Å². The zero-order valence-corrected chi connectivity index (χ0v) is 20.9. The first kappa shape index (κ1) is 26.7. The van der Waals surface area contributed by atoms with Crippen LogP contribution in [0.1, 0.15) is 11.1 Å². The van der Waals surface area contributed by atoms with Gasteiger partial charge in [-0.15, -0.1) is 0 Å². The van der Waals surface area contributed by atoms with Crippen LogP contribution in [0.4, 0.5) is 11.4 Å². The fourth-order valence-corrected chi connectivity index (χ4v) is 4.40. The van der Waals surface area contributed by atoms with E-state index in [2.05, 4.69) is 4.99 Å². The van der Waals surface area contributed by atoms with Crippen molar-refractivity contribution in [3.05, 3.63) is 97.7 Å². The van der Waals surface area contributed by atoms with Gasteiger partial charge in [-0.1, -0.05) is 12.1 Å². The lowest BCUT2D eigenvalue weighted by atomic mass is 10.1. The number of hydrogen-bond donors (Lipinski definition) is 0. The van der Waals surface area contributed by atoms with E-state index < -0.39 is 36.5 Å². The highest BCUT2D eigenvalue weighted by molar-refractivity contribution is 7.87. The number of hydrogen-bond acceptors (Lipinski definition) is 12. The second-order valence-corrected chi connectivity index (χ2v) is 9.23. The Kier molecular flexibility index (Phi) is 7.26. The molecule has 15 heteroatoms. The van der Waals surface area contributed by atoms with E-state index in [9.17, 15) is 33.4 Å². The Bertz CT molecular complexity index is 1680. The summed E-state index contributed by atoms with van der Waals surface area (Å²) in [5, 5.41) is 22.3. The van der Waals surface area contributed by atoms with Gasteiger partial charge in [0.05, 0.1) is 24.1 Å².